The van der Waals surface area contributed by atoms with Crippen molar-refractivity contribution in [2.75, 3.05) is 12.8 Å². The van der Waals surface area contributed by atoms with Gasteiger partial charge in [0.25, 0.3) is 0 Å². The Morgan fingerprint density at radius 1 is 0.650 bits per heavy atom. The molecule has 0 rings (SSSR count). The Labute approximate surface area is 126 Å². The van der Waals surface area contributed by atoms with E-state index >= 15 is 0 Å². The first kappa shape index (κ1) is 20.3. The molecule has 0 radical (unpaired) electrons. The minimum absolute atomic E-state index is 0.438. The van der Waals surface area contributed by atoms with Crippen molar-refractivity contribution < 1.29 is 14.3 Å². The molecule has 0 aromatic carbocycles. The molecule has 0 saturated heterocycles. The standard InChI is InChI=1S/C16H36O3P/c1-3-5-7-8-9-10-11-12-13-14-16-20(17,18)19-15-6-4-2/h17-18H,3-16H2,1-2H3/q+1. The third-order valence-electron chi connectivity index (χ3n) is 3.60. The summed E-state index contributed by atoms with van der Waals surface area (Å²) in [5.74, 6) is 0. The zero-order valence-corrected chi connectivity index (χ0v) is 14.5. The summed E-state index contributed by atoms with van der Waals surface area (Å²) in [6.45, 7) is 4.80. The van der Waals surface area contributed by atoms with E-state index < -0.39 is 7.94 Å². The zero-order valence-electron chi connectivity index (χ0n) is 13.6. The van der Waals surface area contributed by atoms with Crippen molar-refractivity contribution in [1.82, 2.24) is 0 Å². The molecule has 0 spiro atoms. The molecule has 2 N–H and O–H groups in total. The fourth-order valence-electron chi connectivity index (χ4n) is 2.22. The summed E-state index contributed by atoms with van der Waals surface area (Å²) in [5.41, 5.74) is 0. The van der Waals surface area contributed by atoms with Gasteiger partial charge in [-0.25, -0.2) is 0 Å². The van der Waals surface area contributed by atoms with Crippen LogP contribution in [0.5, 0.6) is 0 Å². The Bertz CT molecular complexity index is 198. The first-order chi connectivity index (χ1) is 9.62. The highest BCUT2D eigenvalue weighted by atomic mass is 31.2. The number of hydrogen-bond donors (Lipinski definition) is 2. The van der Waals surface area contributed by atoms with Gasteiger partial charge in [0.05, 0.1) is 6.61 Å². The van der Waals surface area contributed by atoms with E-state index in [1.165, 1.54) is 51.4 Å². The molecule has 0 bridgehead atoms. The molecule has 20 heavy (non-hydrogen) atoms. The van der Waals surface area contributed by atoms with Gasteiger partial charge in [-0.3, -0.25) is 0 Å². The minimum Gasteiger partial charge on any atom is -0.193 e. The van der Waals surface area contributed by atoms with E-state index in [4.69, 9.17) is 4.52 Å². The second-order valence-corrected chi connectivity index (χ2v) is 7.79. The molecule has 0 amide bonds. The second-order valence-electron chi connectivity index (χ2n) is 5.76. The summed E-state index contributed by atoms with van der Waals surface area (Å²) in [6.07, 6.45) is 15.0. The molecule has 4 heteroatoms. The van der Waals surface area contributed by atoms with Crippen LogP contribution in [0.25, 0.3) is 0 Å². The molecular weight excluding hydrogens is 271 g/mol. The monoisotopic (exact) mass is 307 g/mol. The molecule has 0 aliphatic rings. The molecule has 3 nitrogen and oxygen atoms in total. The molecule has 0 aliphatic heterocycles. The lowest BCUT2D eigenvalue weighted by Crippen LogP contribution is -2.03. The van der Waals surface area contributed by atoms with Crippen molar-refractivity contribution in [1.29, 1.82) is 0 Å². The highest BCUT2D eigenvalue weighted by molar-refractivity contribution is 7.59. The van der Waals surface area contributed by atoms with Crippen LogP contribution in [0.3, 0.4) is 0 Å². The topological polar surface area (TPSA) is 49.7 Å². The lowest BCUT2D eigenvalue weighted by atomic mass is 10.1. The highest BCUT2D eigenvalue weighted by Gasteiger charge is 2.34. The Hall–Kier alpha value is 0.310. The van der Waals surface area contributed by atoms with Gasteiger partial charge in [-0.15, -0.1) is 0 Å². The minimum atomic E-state index is -3.05. The van der Waals surface area contributed by atoms with E-state index in [9.17, 15) is 9.79 Å². The van der Waals surface area contributed by atoms with Crippen LogP contribution in [0.4, 0.5) is 0 Å². The fourth-order valence-corrected chi connectivity index (χ4v) is 3.41. The Balaban J connectivity index is 3.25. The van der Waals surface area contributed by atoms with E-state index in [1.807, 2.05) is 0 Å². The summed E-state index contributed by atoms with van der Waals surface area (Å²) in [7, 11) is -3.05. The molecular formula is C16H36O3P+. The van der Waals surface area contributed by atoms with E-state index in [0.29, 0.717) is 12.8 Å². The summed E-state index contributed by atoms with van der Waals surface area (Å²) in [4.78, 5) is 19.4. The third-order valence-corrected chi connectivity index (χ3v) is 5.09. The maximum absolute atomic E-state index is 9.71. The molecule has 0 heterocycles. The maximum atomic E-state index is 9.71. The van der Waals surface area contributed by atoms with Crippen LogP contribution in [0.2, 0.25) is 0 Å². The lowest BCUT2D eigenvalue weighted by molar-refractivity contribution is 0.224. The molecule has 0 saturated carbocycles. The fraction of sp³-hybridized carbons (Fsp3) is 1.00. The van der Waals surface area contributed by atoms with E-state index in [-0.39, 0.29) is 0 Å². The van der Waals surface area contributed by atoms with Gasteiger partial charge >= 0.3 is 7.94 Å². The molecule has 0 aromatic heterocycles. The van der Waals surface area contributed by atoms with Gasteiger partial charge < -0.3 is 0 Å². The van der Waals surface area contributed by atoms with Crippen LogP contribution in [-0.4, -0.2) is 22.6 Å². The molecule has 0 aliphatic carbocycles. The van der Waals surface area contributed by atoms with Crippen molar-refractivity contribution in [3.8, 4) is 0 Å². The van der Waals surface area contributed by atoms with Crippen molar-refractivity contribution in [3.63, 3.8) is 0 Å². The van der Waals surface area contributed by atoms with Crippen molar-refractivity contribution in [2.24, 2.45) is 0 Å². The second kappa shape index (κ2) is 14.3. The van der Waals surface area contributed by atoms with Gasteiger partial charge in [0.2, 0.25) is 0 Å². The van der Waals surface area contributed by atoms with Gasteiger partial charge in [0.1, 0.15) is 6.16 Å². The van der Waals surface area contributed by atoms with Crippen LogP contribution in [0, 0.1) is 0 Å². The van der Waals surface area contributed by atoms with E-state index in [2.05, 4.69) is 13.8 Å². The predicted octanol–water partition coefficient (Wildman–Crippen LogP) is 5.47. The van der Waals surface area contributed by atoms with Gasteiger partial charge in [0, 0.05) is 0 Å². The highest BCUT2D eigenvalue weighted by Crippen LogP contribution is 2.51. The van der Waals surface area contributed by atoms with Crippen molar-refractivity contribution in [3.05, 3.63) is 0 Å². The summed E-state index contributed by atoms with van der Waals surface area (Å²) in [6, 6.07) is 0. The average Bonchev–Trinajstić information content (AvgIpc) is 2.41. The third kappa shape index (κ3) is 14.7. The van der Waals surface area contributed by atoms with Crippen LogP contribution in [-0.2, 0) is 4.52 Å². The normalized spacial score (nSPS) is 12.0. The number of unbranched alkanes of at least 4 members (excludes halogenated alkanes) is 10. The number of rotatable bonds is 15. The quantitative estimate of drug-likeness (QED) is 0.311. The molecule has 0 fully saturated rings. The van der Waals surface area contributed by atoms with Gasteiger partial charge in [0.15, 0.2) is 0 Å². The maximum Gasteiger partial charge on any atom is 0.406 e. The largest absolute Gasteiger partial charge is 0.406 e. The zero-order chi connectivity index (χ0) is 15.1. The van der Waals surface area contributed by atoms with Crippen LogP contribution < -0.4 is 0 Å². The van der Waals surface area contributed by atoms with Gasteiger partial charge in [-0.05, 0) is 19.3 Å². The lowest BCUT2D eigenvalue weighted by Gasteiger charge is -2.10. The first-order valence-electron chi connectivity index (χ1n) is 8.60. The number of hydrogen-bond acceptors (Lipinski definition) is 3. The van der Waals surface area contributed by atoms with Crippen molar-refractivity contribution >= 4 is 7.94 Å². The summed E-state index contributed by atoms with van der Waals surface area (Å²) < 4.78 is 5.17. The smallest absolute Gasteiger partial charge is 0.193 e. The SMILES string of the molecule is CCCCCCCCCCCC[P+](O)(O)OCCCC. The van der Waals surface area contributed by atoms with Gasteiger partial charge in [-0.1, -0.05) is 71.6 Å². The summed E-state index contributed by atoms with van der Waals surface area (Å²) in [5, 5.41) is 0. The van der Waals surface area contributed by atoms with E-state index in [1.54, 1.807) is 0 Å². The molecule has 0 atom stereocenters. The van der Waals surface area contributed by atoms with Crippen molar-refractivity contribution in [2.45, 2.75) is 90.9 Å². The Kier molecular flexibility index (Phi) is 14.5. The molecule has 0 aromatic rings. The molecule has 0 unspecified atom stereocenters. The van der Waals surface area contributed by atoms with Crippen LogP contribution >= 0.6 is 7.94 Å². The first-order valence-corrected chi connectivity index (χ1v) is 10.4. The summed E-state index contributed by atoms with van der Waals surface area (Å²) >= 11 is 0. The average molecular weight is 307 g/mol. The van der Waals surface area contributed by atoms with E-state index in [0.717, 1.165) is 25.7 Å². The van der Waals surface area contributed by atoms with Gasteiger partial charge in [-0.2, -0.15) is 14.3 Å². The predicted molar refractivity (Wildman–Crippen MR) is 88.9 cm³/mol. The van der Waals surface area contributed by atoms with Crippen LogP contribution in [0.1, 0.15) is 90.9 Å². The van der Waals surface area contributed by atoms with Crippen LogP contribution in [0.15, 0.2) is 0 Å². The Morgan fingerprint density at radius 3 is 1.60 bits per heavy atom. The molecule has 122 valence electrons. The Morgan fingerprint density at radius 2 is 1.10 bits per heavy atom.